The topological polar surface area (TPSA) is 0 Å². The molecule has 0 N–H and O–H groups in total. The van der Waals surface area contributed by atoms with Crippen molar-refractivity contribution < 1.29 is 0 Å². The zero-order valence-corrected chi connectivity index (χ0v) is 3.28. The quantitative estimate of drug-likeness (QED) is 0.285. The molecular weight excluding hydrogens is 58.9 g/mol. The lowest BCUT2D eigenvalue weighted by Crippen LogP contribution is -1.52. The highest BCUT2D eigenvalue weighted by Crippen LogP contribution is 1.57. The summed E-state index contributed by atoms with van der Waals surface area (Å²) in [7, 11) is 4.97. The highest BCUT2D eigenvalue weighted by molar-refractivity contribution is 6.10. The van der Waals surface area contributed by atoms with E-state index >= 15 is 0 Å². The molecule has 0 aromatic carbocycles. The third kappa shape index (κ3) is 3.62. The second-order valence-electron chi connectivity index (χ2n) is 0.631. The van der Waals surface area contributed by atoms with Gasteiger partial charge in [-0.3, -0.25) is 0 Å². The first-order valence-electron chi connectivity index (χ1n) is 1.51. The fraction of sp³-hybridized carbons (Fsp3) is 0.500. The Morgan fingerprint density at radius 1 is 1.80 bits per heavy atom. The van der Waals surface area contributed by atoms with Gasteiger partial charge in [0.2, 0.25) is 0 Å². The predicted octanol–water partition coefficient (Wildman–Crippen LogP) is 0.597. The van der Waals surface area contributed by atoms with Crippen LogP contribution in [0.5, 0.6) is 0 Å². The molecule has 0 aliphatic heterocycles. The molecule has 2 radical (unpaired) electrons. The van der Waals surface area contributed by atoms with Crippen LogP contribution in [0.2, 0.25) is 6.32 Å². The summed E-state index contributed by atoms with van der Waals surface area (Å²) < 4.78 is 0. The minimum Gasteiger partial charge on any atom is -0.113 e. The minimum absolute atomic E-state index is 0.483. The van der Waals surface area contributed by atoms with Gasteiger partial charge in [0.05, 0.1) is 7.85 Å². The van der Waals surface area contributed by atoms with Crippen molar-refractivity contribution in [1.29, 1.82) is 0 Å². The van der Waals surface area contributed by atoms with Crippen LogP contribution in [0.15, 0.2) is 0 Å². The fourth-order valence-electron chi connectivity index (χ4n) is 0.102. The Hall–Kier alpha value is -0.375. The van der Waals surface area contributed by atoms with Gasteiger partial charge in [-0.15, -0.1) is 11.8 Å². The molecule has 0 unspecified atom stereocenters. The number of hydrogen-bond acceptors (Lipinski definition) is 0. The van der Waals surface area contributed by atoms with Crippen molar-refractivity contribution in [1.82, 2.24) is 0 Å². The summed E-state index contributed by atoms with van der Waals surface area (Å²) in [5.74, 6) is 5.28. The first kappa shape index (κ1) is 4.62. The van der Waals surface area contributed by atoms with Crippen LogP contribution >= 0.6 is 0 Å². The van der Waals surface area contributed by atoms with E-state index in [1.807, 2.05) is 0 Å². The van der Waals surface area contributed by atoms with Crippen LogP contribution in [0.25, 0.3) is 0 Å². The molecule has 0 rings (SSSR count). The highest BCUT2D eigenvalue weighted by Gasteiger charge is 1.49. The Balaban J connectivity index is 2.81. The van der Waals surface area contributed by atoms with E-state index in [2.05, 4.69) is 11.8 Å². The van der Waals surface area contributed by atoms with E-state index in [0.29, 0.717) is 6.32 Å². The average Bonchev–Trinajstić information content (AvgIpc) is 1.41. The van der Waals surface area contributed by atoms with Crippen molar-refractivity contribution in [3.05, 3.63) is 0 Å². The molecule has 0 atom stereocenters. The largest absolute Gasteiger partial charge is 0.113 e. The molecule has 24 valence electrons. The van der Waals surface area contributed by atoms with E-state index in [4.69, 9.17) is 7.85 Å². The maximum absolute atomic E-state index is 4.97. The van der Waals surface area contributed by atoms with E-state index in [-0.39, 0.29) is 0 Å². The first-order chi connectivity index (χ1) is 2.41. The molecule has 0 bridgehead atoms. The summed E-state index contributed by atoms with van der Waals surface area (Å²) >= 11 is 0. The number of hydrogen-bond donors (Lipinski definition) is 0. The van der Waals surface area contributed by atoms with Gasteiger partial charge in [0.1, 0.15) is 0 Å². The van der Waals surface area contributed by atoms with Gasteiger partial charge in [0.15, 0.2) is 0 Å². The lowest BCUT2D eigenvalue weighted by Gasteiger charge is -1.57. The maximum atomic E-state index is 4.97. The van der Waals surface area contributed by atoms with Crippen molar-refractivity contribution >= 4 is 7.85 Å². The lowest BCUT2D eigenvalue weighted by molar-refractivity contribution is 1.80. The van der Waals surface area contributed by atoms with Crippen molar-refractivity contribution in [3.63, 3.8) is 0 Å². The van der Waals surface area contributed by atoms with Crippen molar-refractivity contribution in [3.8, 4) is 11.8 Å². The molecule has 1 heteroatoms. The zero-order valence-electron chi connectivity index (χ0n) is 3.28. The highest BCUT2D eigenvalue weighted by atomic mass is 13.4. The van der Waals surface area contributed by atoms with Crippen LogP contribution in [0.1, 0.15) is 6.92 Å². The van der Waals surface area contributed by atoms with Gasteiger partial charge in [-0.05, 0) is 13.2 Å². The van der Waals surface area contributed by atoms with Crippen LogP contribution in [-0.4, -0.2) is 7.85 Å². The first-order valence-corrected chi connectivity index (χ1v) is 1.51. The summed E-state index contributed by atoms with van der Waals surface area (Å²) in [6.45, 7) is 1.77. The van der Waals surface area contributed by atoms with E-state index in [1.165, 1.54) is 0 Å². The van der Waals surface area contributed by atoms with E-state index in [9.17, 15) is 0 Å². The fourth-order valence-corrected chi connectivity index (χ4v) is 0.102. The minimum atomic E-state index is 0.483. The van der Waals surface area contributed by atoms with Crippen LogP contribution < -0.4 is 0 Å². The van der Waals surface area contributed by atoms with Gasteiger partial charge >= 0.3 is 0 Å². The molecule has 0 aliphatic rings. The normalized spacial score (nSPS) is 5.00. The standard InChI is InChI=1S/C4H5B/c1-2-3-4-5/h4H2,1H3. The second kappa shape index (κ2) is 3.62. The summed E-state index contributed by atoms with van der Waals surface area (Å²) in [6.07, 6.45) is 0.483. The molecule has 0 amide bonds. The van der Waals surface area contributed by atoms with Crippen molar-refractivity contribution in [2.24, 2.45) is 0 Å². The van der Waals surface area contributed by atoms with Gasteiger partial charge in [0, 0.05) is 0 Å². The van der Waals surface area contributed by atoms with Crippen molar-refractivity contribution in [2.75, 3.05) is 0 Å². The second-order valence-corrected chi connectivity index (χ2v) is 0.631. The third-order valence-electron chi connectivity index (χ3n) is 0.279. The molecule has 0 saturated heterocycles. The van der Waals surface area contributed by atoms with Gasteiger partial charge in [-0.1, -0.05) is 0 Å². The molecule has 0 aromatic rings. The molecule has 0 aromatic heterocycles. The smallest absolute Gasteiger partial charge is 0.0827 e. The van der Waals surface area contributed by atoms with E-state index < -0.39 is 0 Å². The van der Waals surface area contributed by atoms with Gasteiger partial charge in [-0.25, -0.2) is 0 Å². The van der Waals surface area contributed by atoms with Gasteiger partial charge < -0.3 is 0 Å². The molecular formula is C4H5B. The Labute approximate surface area is 34.0 Å². The third-order valence-corrected chi connectivity index (χ3v) is 0.279. The molecule has 0 spiro atoms. The predicted molar refractivity (Wildman–Crippen MR) is 24.0 cm³/mol. The average molecular weight is 63.9 g/mol. The van der Waals surface area contributed by atoms with Crippen molar-refractivity contribution in [2.45, 2.75) is 13.2 Å². The Bertz CT molecular complexity index is 55.8. The SMILES string of the molecule is [B]CC#CC. The summed E-state index contributed by atoms with van der Waals surface area (Å²) in [4.78, 5) is 0. The zero-order chi connectivity index (χ0) is 4.12. The summed E-state index contributed by atoms with van der Waals surface area (Å²) in [6, 6.07) is 0. The Morgan fingerprint density at radius 3 is 2.40 bits per heavy atom. The lowest BCUT2D eigenvalue weighted by atomic mass is 10.1. The monoisotopic (exact) mass is 64.0 g/mol. The molecule has 5 heavy (non-hydrogen) atoms. The molecule has 0 aliphatic carbocycles. The molecule has 0 heterocycles. The Kier molecular flexibility index (Phi) is 3.35. The van der Waals surface area contributed by atoms with Crippen LogP contribution in [-0.2, 0) is 0 Å². The molecule has 0 saturated carbocycles. The van der Waals surface area contributed by atoms with Crippen LogP contribution in [0.4, 0.5) is 0 Å². The van der Waals surface area contributed by atoms with Crippen LogP contribution in [0, 0.1) is 11.8 Å². The Morgan fingerprint density at radius 2 is 2.40 bits per heavy atom. The van der Waals surface area contributed by atoms with Gasteiger partial charge in [-0.2, -0.15) is 0 Å². The van der Waals surface area contributed by atoms with E-state index in [1.54, 1.807) is 6.92 Å². The van der Waals surface area contributed by atoms with Crippen LogP contribution in [0.3, 0.4) is 0 Å². The maximum Gasteiger partial charge on any atom is 0.0827 e. The molecule has 0 fully saturated rings. The summed E-state index contributed by atoms with van der Waals surface area (Å²) in [5, 5.41) is 0. The molecule has 0 nitrogen and oxygen atoms in total. The van der Waals surface area contributed by atoms with Gasteiger partial charge in [0.25, 0.3) is 0 Å². The summed E-state index contributed by atoms with van der Waals surface area (Å²) in [5.41, 5.74) is 0. The van der Waals surface area contributed by atoms with E-state index in [0.717, 1.165) is 0 Å². The number of rotatable bonds is 0.